The lowest BCUT2D eigenvalue weighted by atomic mass is 9.90. The molecule has 0 radical (unpaired) electrons. The van der Waals surface area contributed by atoms with Gasteiger partial charge in [-0.05, 0) is 36.5 Å². The number of benzene rings is 1. The zero-order valence-corrected chi connectivity index (χ0v) is 16.1. The molecule has 1 amide bonds. The van der Waals surface area contributed by atoms with Crippen molar-refractivity contribution in [3.63, 3.8) is 0 Å². The normalized spacial score (nSPS) is 22.7. The zero-order chi connectivity index (χ0) is 19.5. The maximum absolute atomic E-state index is 15.2. The van der Waals surface area contributed by atoms with E-state index in [0.29, 0.717) is 23.0 Å². The summed E-state index contributed by atoms with van der Waals surface area (Å²) in [6.07, 6.45) is 2.79. The summed E-state index contributed by atoms with van der Waals surface area (Å²) in [5.74, 6) is 1.07. The Balaban J connectivity index is 1.80. The fourth-order valence-corrected chi connectivity index (χ4v) is 4.44. The van der Waals surface area contributed by atoms with Gasteiger partial charge in [-0.3, -0.25) is 4.79 Å². The smallest absolute Gasteiger partial charge is 0.258 e. The molecule has 5 nitrogen and oxygen atoms in total. The summed E-state index contributed by atoms with van der Waals surface area (Å²) in [6.45, 7) is 5.37. The number of amides is 1. The van der Waals surface area contributed by atoms with Crippen LogP contribution < -0.4 is 11.1 Å². The third-order valence-electron chi connectivity index (χ3n) is 6.04. The molecular weight excluding hydrogens is 343 g/mol. The second-order valence-corrected chi connectivity index (χ2v) is 8.28. The lowest BCUT2D eigenvalue weighted by Crippen LogP contribution is -2.24. The fourth-order valence-electron chi connectivity index (χ4n) is 4.44. The minimum absolute atomic E-state index is 0.0858. The van der Waals surface area contributed by atoms with Crippen LogP contribution in [0.25, 0.3) is 11.1 Å². The first kappa shape index (κ1) is 17.8. The third-order valence-corrected chi connectivity index (χ3v) is 6.04. The SMILES string of the molecule is CC(C)C1C[C@]12CNc1ncc(-c3ccc(N)c(C(=O)N(C)C)c3F)cc12. The summed E-state index contributed by atoms with van der Waals surface area (Å²) < 4.78 is 15.2. The van der Waals surface area contributed by atoms with Crippen LogP contribution >= 0.6 is 0 Å². The molecule has 2 aromatic rings. The van der Waals surface area contributed by atoms with Crippen LogP contribution in [0.1, 0.15) is 36.2 Å². The Labute approximate surface area is 158 Å². The van der Waals surface area contributed by atoms with E-state index in [-0.39, 0.29) is 16.7 Å². The van der Waals surface area contributed by atoms with E-state index in [2.05, 4.69) is 24.1 Å². The molecule has 0 bridgehead atoms. The van der Waals surface area contributed by atoms with Gasteiger partial charge >= 0.3 is 0 Å². The number of fused-ring (bicyclic) bond motifs is 2. The molecular formula is C21H25FN4O. The first-order valence-corrected chi connectivity index (χ1v) is 9.30. The highest BCUT2D eigenvalue weighted by Crippen LogP contribution is 2.62. The highest BCUT2D eigenvalue weighted by molar-refractivity contribution is 6.00. The van der Waals surface area contributed by atoms with Gasteiger partial charge in [0.2, 0.25) is 0 Å². The van der Waals surface area contributed by atoms with Gasteiger partial charge in [-0.2, -0.15) is 0 Å². The van der Waals surface area contributed by atoms with Gasteiger partial charge in [0.05, 0.1) is 5.56 Å². The van der Waals surface area contributed by atoms with Crippen molar-refractivity contribution in [3.8, 4) is 11.1 Å². The van der Waals surface area contributed by atoms with Crippen LogP contribution in [-0.2, 0) is 5.41 Å². The van der Waals surface area contributed by atoms with Gasteiger partial charge in [-0.25, -0.2) is 9.37 Å². The lowest BCUT2D eigenvalue weighted by Gasteiger charge is -2.16. The Kier molecular flexibility index (Phi) is 3.91. The van der Waals surface area contributed by atoms with Crippen LogP contribution in [-0.4, -0.2) is 36.4 Å². The van der Waals surface area contributed by atoms with Gasteiger partial charge in [0.1, 0.15) is 11.6 Å². The van der Waals surface area contributed by atoms with E-state index < -0.39 is 11.7 Å². The molecule has 1 fully saturated rings. The van der Waals surface area contributed by atoms with Gasteiger partial charge in [0.15, 0.2) is 0 Å². The first-order valence-electron chi connectivity index (χ1n) is 9.30. The summed E-state index contributed by atoms with van der Waals surface area (Å²) in [4.78, 5) is 18.2. The second-order valence-electron chi connectivity index (χ2n) is 8.28. The number of hydrogen-bond acceptors (Lipinski definition) is 4. The number of anilines is 2. The number of nitrogens with one attached hydrogen (secondary N) is 1. The van der Waals surface area contributed by atoms with Gasteiger partial charge < -0.3 is 16.0 Å². The largest absolute Gasteiger partial charge is 0.398 e. The molecule has 4 rings (SSSR count). The molecule has 1 saturated carbocycles. The Morgan fingerprint density at radius 3 is 2.78 bits per heavy atom. The maximum atomic E-state index is 15.2. The minimum atomic E-state index is -0.591. The Bertz CT molecular complexity index is 940. The summed E-state index contributed by atoms with van der Waals surface area (Å²) in [5, 5.41) is 3.40. The van der Waals surface area contributed by atoms with Crippen LogP contribution in [0.15, 0.2) is 24.4 Å². The monoisotopic (exact) mass is 368 g/mol. The third kappa shape index (κ3) is 2.58. The molecule has 3 N–H and O–H groups in total. The highest BCUT2D eigenvalue weighted by Gasteiger charge is 2.59. The van der Waals surface area contributed by atoms with Crippen LogP contribution in [0.5, 0.6) is 0 Å². The molecule has 1 aliphatic heterocycles. The van der Waals surface area contributed by atoms with Gasteiger partial charge in [0.25, 0.3) is 5.91 Å². The molecule has 1 aromatic heterocycles. The standard InChI is InChI=1S/C21H25FN4O/c1-11(2)15-8-21(15)10-25-19-14(21)7-12(9-24-19)13-5-6-16(23)17(18(13)22)20(27)26(3)4/h5-7,9,11,15H,8,10,23H2,1-4H3,(H,24,25)/t15?,21-/m1/s1. The molecule has 1 aliphatic carbocycles. The molecule has 1 aromatic carbocycles. The second kappa shape index (κ2) is 5.94. The van der Waals surface area contributed by atoms with E-state index in [4.69, 9.17) is 5.73 Å². The van der Waals surface area contributed by atoms with Crippen molar-refractivity contribution in [3.05, 3.63) is 41.3 Å². The van der Waals surface area contributed by atoms with Crippen molar-refractivity contribution in [1.29, 1.82) is 0 Å². The van der Waals surface area contributed by atoms with E-state index in [9.17, 15) is 4.79 Å². The number of carbonyl (C=O) groups excluding carboxylic acids is 1. The van der Waals surface area contributed by atoms with Crippen LogP contribution in [0.2, 0.25) is 0 Å². The molecule has 142 valence electrons. The molecule has 1 unspecified atom stereocenters. The van der Waals surface area contributed by atoms with Crippen LogP contribution in [0.3, 0.4) is 0 Å². The average Bonchev–Trinajstić information content (AvgIpc) is 3.25. The number of aromatic nitrogens is 1. The molecule has 27 heavy (non-hydrogen) atoms. The van der Waals surface area contributed by atoms with Crippen LogP contribution in [0.4, 0.5) is 15.9 Å². The van der Waals surface area contributed by atoms with Crippen molar-refractivity contribution < 1.29 is 9.18 Å². The first-order chi connectivity index (χ1) is 12.8. The average molecular weight is 368 g/mol. The summed E-state index contributed by atoms with van der Waals surface area (Å²) in [5.41, 5.74) is 8.25. The Morgan fingerprint density at radius 2 is 2.15 bits per heavy atom. The molecule has 0 saturated heterocycles. The number of carbonyl (C=O) groups is 1. The number of nitrogens with two attached hydrogens (primary N) is 1. The Morgan fingerprint density at radius 1 is 1.41 bits per heavy atom. The predicted molar refractivity (Wildman–Crippen MR) is 105 cm³/mol. The molecule has 6 heteroatoms. The van der Waals surface area contributed by atoms with Crippen molar-refractivity contribution in [2.75, 3.05) is 31.7 Å². The van der Waals surface area contributed by atoms with Gasteiger partial charge in [-0.1, -0.05) is 13.8 Å². The number of halogens is 1. The van der Waals surface area contributed by atoms with Gasteiger partial charge in [-0.15, -0.1) is 0 Å². The molecule has 2 atom stereocenters. The zero-order valence-electron chi connectivity index (χ0n) is 16.1. The number of nitrogens with zero attached hydrogens (tertiary/aromatic N) is 2. The number of rotatable bonds is 3. The summed E-state index contributed by atoms with van der Waals surface area (Å²) in [7, 11) is 3.17. The quantitative estimate of drug-likeness (QED) is 0.814. The summed E-state index contributed by atoms with van der Waals surface area (Å²) >= 11 is 0. The van der Waals surface area contributed by atoms with Crippen molar-refractivity contribution in [2.24, 2.45) is 11.8 Å². The fraction of sp³-hybridized carbons (Fsp3) is 0.429. The van der Waals surface area contributed by atoms with E-state index in [0.717, 1.165) is 24.3 Å². The van der Waals surface area contributed by atoms with E-state index >= 15 is 4.39 Å². The summed E-state index contributed by atoms with van der Waals surface area (Å²) in [6, 6.07) is 5.25. The van der Waals surface area contributed by atoms with Crippen molar-refractivity contribution in [1.82, 2.24) is 9.88 Å². The Hall–Kier alpha value is -2.63. The van der Waals surface area contributed by atoms with E-state index in [1.807, 2.05) is 6.07 Å². The maximum Gasteiger partial charge on any atom is 0.258 e. The minimum Gasteiger partial charge on any atom is -0.398 e. The van der Waals surface area contributed by atoms with Gasteiger partial charge in [0, 0.05) is 54.6 Å². The number of hydrogen-bond donors (Lipinski definition) is 2. The number of nitrogen functional groups attached to an aromatic ring is 1. The number of pyridine rings is 1. The molecule has 2 aliphatic rings. The molecule has 1 spiro atoms. The van der Waals surface area contributed by atoms with Crippen molar-refractivity contribution in [2.45, 2.75) is 25.7 Å². The highest BCUT2D eigenvalue weighted by atomic mass is 19.1. The van der Waals surface area contributed by atoms with Crippen molar-refractivity contribution >= 4 is 17.4 Å². The molecule has 2 heterocycles. The lowest BCUT2D eigenvalue weighted by molar-refractivity contribution is 0.0824. The van der Waals surface area contributed by atoms with E-state index in [1.165, 1.54) is 4.90 Å². The topological polar surface area (TPSA) is 71.2 Å². The van der Waals surface area contributed by atoms with Crippen LogP contribution in [0, 0.1) is 17.7 Å². The van der Waals surface area contributed by atoms with E-state index in [1.54, 1.807) is 32.4 Å². The predicted octanol–water partition coefficient (Wildman–Crippen LogP) is 3.51.